The molecule has 0 bridgehead atoms. The Kier molecular flexibility index (Phi) is 5.05. The van der Waals surface area contributed by atoms with Crippen molar-refractivity contribution in [2.45, 2.75) is 20.3 Å². The topological polar surface area (TPSA) is 43.8 Å². The lowest BCUT2D eigenvalue weighted by Crippen LogP contribution is -2.34. The van der Waals surface area contributed by atoms with Crippen molar-refractivity contribution in [1.29, 1.82) is 0 Å². The van der Waals surface area contributed by atoms with Gasteiger partial charge in [-0.2, -0.15) is 0 Å². The standard InChI is InChI=1S/C11H22N2O2/c1-3-13(10(2)15)9-11-4-5-12(8-11)6-7-14/h11,14H,3-9H2,1-2H3/t11-/m1/s1. The molecule has 0 aromatic heterocycles. The van der Waals surface area contributed by atoms with E-state index in [1.807, 2.05) is 11.8 Å². The summed E-state index contributed by atoms with van der Waals surface area (Å²) in [4.78, 5) is 15.4. The van der Waals surface area contributed by atoms with Gasteiger partial charge in [0.25, 0.3) is 0 Å². The molecule has 4 heteroatoms. The van der Waals surface area contributed by atoms with Crippen LogP contribution >= 0.6 is 0 Å². The number of hydrogen-bond donors (Lipinski definition) is 1. The van der Waals surface area contributed by atoms with E-state index < -0.39 is 0 Å². The van der Waals surface area contributed by atoms with Crippen LogP contribution in [0.2, 0.25) is 0 Å². The normalized spacial score (nSPS) is 21.9. The number of rotatable bonds is 5. The number of carbonyl (C=O) groups is 1. The van der Waals surface area contributed by atoms with Gasteiger partial charge in [-0.1, -0.05) is 0 Å². The van der Waals surface area contributed by atoms with Crippen LogP contribution in [0.25, 0.3) is 0 Å². The molecule has 1 rings (SSSR count). The van der Waals surface area contributed by atoms with Crippen molar-refractivity contribution in [3.05, 3.63) is 0 Å². The maximum absolute atomic E-state index is 11.2. The number of aliphatic hydroxyl groups excluding tert-OH is 1. The van der Waals surface area contributed by atoms with Gasteiger partial charge >= 0.3 is 0 Å². The average Bonchev–Trinajstić information content (AvgIpc) is 2.62. The summed E-state index contributed by atoms with van der Waals surface area (Å²) in [6, 6.07) is 0. The van der Waals surface area contributed by atoms with E-state index in [-0.39, 0.29) is 12.5 Å². The van der Waals surface area contributed by atoms with Crippen molar-refractivity contribution >= 4 is 5.91 Å². The smallest absolute Gasteiger partial charge is 0.219 e. The molecule has 1 fully saturated rings. The summed E-state index contributed by atoms with van der Waals surface area (Å²) in [5.41, 5.74) is 0. The van der Waals surface area contributed by atoms with Gasteiger partial charge in [0.2, 0.25) is 5.91 Å². The summed E-state index contributed by atoms with van der Waals surface area (Å²) in [6.07, 6.45) is 1.14. The fourth-order valence-corrected chi connectivity index (χ4v) is 2.20. The summed E-state index contributed by atoms with van der Waals surface area (Å²) < 4.78 is 0. The third-order valence-corrected chi connectivity index (χ3v) is 3.09. The molecule has 0 aromatic carbocycles. The largest absolute Gasteiger partial charge is 0.395 e. The van der Waals surface area contributed by atoms with Crippen molar-refractivity contribution in [3.63, 3.8) is 0 Å². The molecule has 0 radical (unpaired) electrons. The number of amides is 1. The van der Waals surface area contributed by atoms with Crippen molar-refractivity contribution < 1.29 is 9.90 Å². The Morgan fingerprint density at radius 2 is 2.33 bits per heavy atom. The van der Waals surface area contributed by atoms with Gasteiger partial charge in [0.1, 0.15) is 0 Å². The predicted molar refractivity (Wildman–Crippen MR) is 59.6 cm³/mol. The number of nitrogens with zero attached hydrogens (tertiary/aromatic N) is 2. The van der Waals surface area contributed by atoms with Crippen LogP contribution in [0.5, 0.6) is 0 Å². The highest BCUT2D eigenvalue weighted by Gasteiger charge is 2.24. The van der Waals surface area contributed by atoms with Gasteiger partial charge in [-0.15, -0.1) is 0 Å². The Balaban J connectivity index is 2.31. The molecule has 0 saturated carbocycles. The molecule has 1 N–H and O–H groups in total. The van der Waals surface area contributed by atoms with Crippen LogP contribution in [0.1, 0.15) is 20.3 Å². The van der Waals surface area contributed by atoms with Gasteiger partial charge in [0, 0.05) is 33.1 Å². The Morgan fingerprint density at radius 3 is 2.87 bits per heavy atom. The summed E-state index contributed by atoms with van der Waals surface area (Å²) in [5, 5.41) is 8.82. The first-order valence-electron chi connectivity index (χ1n) is 5.76. The lowest BCUT2D eigenvalue weighted by Gasteiger charge is -2.23. The van der Waals surface area contributed by atoms with Crippen LogP contribution in [-0.4, -0.2) is 60.1 Å². The number of carbonyl (C=O) groups excluding carboxylic acids is 1. The van der Waals surface area contributed by atoms with Gasteiger partial charge in [0.05, 0.1) is 6.61 Å². The van der Waals surface area contributed by atoms with Crippen LogP contribution in [0.15, 0.2) is 0 Å². The summed E-state index contributed by atoms with van der Waals surface area (Å²) in [7, 11) is 0. The molecule has 0 aliphatic carbocycles. The Morgan fingerprint density at radius 1 is 1.60 bits per heavy atom. The quantitative estimate of drug-likeness (QED) is 0.709. The highest BCUT2D eigenvalue weighted by Crippen LogP contribution is 2.16. The molecule has 1 amide bonds. The van der Waals surface area contributed by atoms with Crippen molar-refractivity contribution in [2.75, 3.05) is 39.3 Å². The number of hydrogen-bond acceptors (Lipinski definition) is 3. The zero-order valence-electron chi connectivity index (χ0n) is 9.78. The summed E-state index contributed by atoms with van der Waals surface area (Å²) >= 11 is 0. The summed E-state index contributed by atoms with van der Waals surface area (Å²) in [5.74, 6) is 0.749. The molecule has 1 heterocycles. The van der Waals surface area contributed by atoms with Gasteiger partial charge in [0.15, 0.2) is 0 Å². The molecule has 1 aliphatic rings. The van der Waals surface area contributed by atoms with Crippen molar-refractivity contribution in [3.8, 4) is 0 Å². The number of aliphatic hydroxyl groups is 1. The van der Waals surface area contributed by atoms with Crippen LogP contribution in [0, 0.1) is 5.92 Å². The molecule has 1 atom stereocenters. The molecule has 0 aromatic rings. The third-order valence-electron chi connectivity index (χ3n) is 3.09. The maximum Gasteiger partial charge on any atom is 0.219 e. The second kappa shape index (κ2) is 6.08. The molecular weight excluding hydrogens is 192 g/mol. The zero-order chi connectivity index (χ0) is 11.3. The van der Waals surface area contributed by atoms with Gasteiger partial charge in [-0.3, -0.25) is 4.79 Å². The Bertz CT molecular complexity index is 209. The molecule has 1 aliphatic heterocycles. The van der Waals surface area contributed by atoms with Crippen LogP contribution < -0.4 is 0 Å². The molecule has 1 saturated heterocycles. The molecular formula is C11H22N2O2. The van der Waals surface area contributed by atoms with E-state index in [0.29, 0.717) is 5.92 Å². The van der Waals surface area contributed by atoms with E-state index in [4.69, 9.17) is 5.11 Å². The van der Waals surface area contributed by atoms with Crippen molar-refractivity contribution in [1.82, 2.24) is 9.80 Å². The zero-order valence-corrected chi connectivity index (χ0v) is 9.78. The lowest BCUT2D eigenvalue weighted by molar-refractivity contribution is -0.129. The fourth-order valence-electron chi connectivity index (χ4n) is 2.20. The first kappa shape index (κ1) is 12.5. The van der Waals surface area contributed by atoms with Crippen LogP contribution in [0.3, 0.4) is 0 Å². The fraction of sp³-hybridized carbons (Fsp3) is 0.909. The van der Waals surface area contributed by atoms with Crippen LogP contribution in [0.4, 0.5) is 0 Å². The minimum atomic E-state index is 0.165. The number of likely N-dealkylation sites (tertiary alicyclic amines) is 1. The van der Waals surface area contributed by atoms with Gasteiger partial charge < -0.3 is 14.9 Å². The van der Waals surface area contributed by atoms with E-state index in [0.717, 1.165) is 39.1 Å². The predicted octanol–water partition coefficient (Wildman–Crippen LogP) is 0.169. The third kappa shape index (κ3) is 3.80. The summed E-state index contributed by atoms with van der Waals surface area (Å²) in [6.45, 7) is 8.38. The van der Waals surface area contributed by atoms with Gasteiger partial charge in [-0.05, 0) is 25.8 Å². The average molecular weight is 214 g/mol. The first-order valence-corrected chi connectivity index (χ1v) is 5.76. The monoisotopic (exact) mass is 214 g/mol. The molecule has 4 nitrogen and oxygen atoms in total. The first-order chi connectivity index (χ1) is 7.17. The second-order valence-electron chi connectivity index (χ2n) is 4.24. The lowest BCUT2D eigenvalue weighted by atomic mass is 10.1. The Labute approximate surface area is 91.9 Å². The minimum absolute atomic E-state index is 0.165. The van der Waals surface area contributed by atoms with E-state index in [1.165, 1.54) is 0 Å². The molecule has 15 heavy (non-hydrogen) atoms. The van der Waals surface area contributed by atoms with Crippen molar-refractivity contribution in [2.24, 2.45) is 5.92 Å². The number of β-amino-alcohol motifs (C(OH)–C–C–N with tert-alkyl or cyclic N) is 1. The van der Waals surface area contributed by atoms with E-state index in [9.17, 15) is 4.79 Å². The van der Waals surface area contributed by atoms with E-state index >= 15 is 0 Å². The van der Waals surface area contributed by atoms with Crippen LogP contribution in [-0.2, 0) is 4.79 Å². The molecule has 0 spiro atoms. The maximum atomic E-state index is 11.2. The second-order valence-corrected chi connectivity index (χ2v) is 4.24. The van der Waals surface area contributed by atoms with E-state index in [2.05, 4.69) is 4.90 Å². The molecule has 0 unspecified atom stereocenters. The Hall–Kier alpha value is -0.610. The minimum Gasteiger partial charge on any atom is -0.395 e. The van der Waals surface area contributed by atoms with E-state index in [1.54, 1.807) is 6.92 Å². The SMILES string of the molecule is CCN(C[C@@H]1CCN(CCO)C1)C(C)=O. The highest BCUT2D eigenvalue weighted by molar-refractivity contribution is 5.73. The van der Waals surface area contributed by atoms with Gasteiger partial charge in [-0.25, -0.2) is 0 Å². The highest BCUT2D eigenvalue weighted by atomic mass is 16.3. The molecule has 88 valence electrons.